The number of amides is 1. The Hall–Kier alpha value is -2.10. The van der Waals surface area contributed by atoms with Gasteiger partial charge in [0.1, 0.15) is 0 Å². The van der Waals surface area contributed by atoms with E-state index in [1.54, 1.807) is 0 Å². The lowest BCUT2D eigenvalue weighted by atomic mass is 9.89. The number of piperidine rings is 1. The second-order valence-electron chi connectivity index (χ2n) is 6.62. The van der Waals surface area contributed by atoms with Gasteiger partial charge in [-0.15, -0.1) is 0 Å². The SMILES string of the molecule is Cc1cccc([C@H]2CCCN(C(=O)CCn3cc(C)cn3)C2)c1. The number of likely N-dealkylation sites (tertiary alicyclic amines) is 1. The summed E-state index contributed by atoms with van der Waals surface area (Å²) < 4.78 is 1.86. The minimum absolute atomic E-state index is 0.246. The summed E-state index contributed by atoms with van der Waals surface area (Å²) in [5.41, 5.74) is 3.79. The maximum absolute atomic E-state index is 12.5. The zero-order valence-electron chi connectivity index (χ0n) is 14.0. The van der Waals surface area contributed by atoms with Crippen LogP contribution in [0.2, 0.25) is 0 Å². The minimum atomic E-state index is 0.246. The first-order valence-electron chi connectivity index (χ1n) is 8.45. The Bertz CT molecular complexity index is 677. The number of carbonyl (C=O) groups is 1. The summed E-state index contributed by atoms with van der Waals surface area (Å²) in [5, 5.41) is 4.25. The first-order chi connectivity index (χ1) is 11.1. The smallest absolute Gasteiger partial charge is 0.224 e. The van der Waals surface area contributed by atoms with Gasteiger partial charge in [0.25, 0.3) is 0 Å². The Kier molecular flexibility index (Phi) is 4.79. The molecular formula is C19H25N3O. The van der Waals surface area contributed by atoms with Crippen LogP contribution in [0, 0.1) is 13.8 Å². The molecule has 23 heavy (non-hydrogen) atoms. The molecule has 4 nitrogen and oxygen atoms in total. The number of benzene rings is 1. The van der Waals surface area contributed by atoms with E-state index in [0.29, 0.717) is 18.9 Å². The van der Waals surface area contributed by atoms with Gasteiger partial charge in [0.2, 0.25) is 5.91 Å². The normalized spacial score (nSPS) is 18.2. The summed E-state index contributed by atoms with van der Waals surface area (Å²) in [6, 6.07) is 8.69. The molecule has 4 heteroatoms. The van der Waals surface area contributed by atoms with E-state index >= 15 is 0 Å². The van der Waals surface area contributed by atoms with E-state index in [1.165, 1.54) is 17.5 Å². The molecule has 1 aliphatic rings. The Labute approximate surface area is 138 Å². The third kappa shape index (κ3) is 4.01. The van der Waals surface area contributed by atoms with Crippen LogP contribution in [0.3, 0.4) is 0 Å². The van der Waals surface area contributed by atoms with Crippen LogP contribution in [-0.4, -0.2) is 33.7 Å². The van der Waals surface area contributed by atoms with Gasteiger partial charge in [-0.05, 0) is 37.8 Å². The topological polar surface area (TPSA) is 38.1 Å². The fraction of sp³-hybridized carbons (Fsp3) is 0.474. The largest absolute Gasteiger partial charge is 0.342 e. The van der Waals surface area contributed by atoms with Gasteiger partial charge in [0.05, 0.1) is 6.20 Å². The molecule has 0 N–H and O–H groups in total. The Morgan fingerprint density at radius 1 is 1.30 bits per heavy atom. The second kappa shape index (κ2) is 6.99. The van der Waals surface area contributed by atoms with Crippen LogP contribution in [-0.2, 0) is 11.3 Å². The quantitative estimate of drug-likeness (QED) is 0.869. The van der Waals surface area contributed by atoms with Crippen LogP contribution in [0.15, 0.2) is 36.7 Å². The van der Waals surface area contributed by atoms with Gasteiger partial charge < -0.3 is 4.90 Å². The van der Waals surface area contributed by atoms with Crippen LogP contribution in [0.4, 0.5) is 0 Å². The molecule has 1 saturated heterocycles. The van der Waals surface area contributed by atoms with E-state index in [9.17, 15) is 4.79 Å². The van der Waals surface area contributed by atoms with Gasteiger partial charge in [0, 0.05) is 38.2 Å². The van der Waals surface area contributed by atoms with Crippen molar-refractivity contribution in [2.75, 3.05) is 13.1 Å². The van der Waals surface area contributed by atoms with Crippen LogP contribution in [0.25, 0.3) is 0 Å². The molecule has 1 fully saturated rings. The van der Waals surface area contributed by atoms with Crippen LogP contribution in [0.5, 0.6) is 0 Å². The average Bonchev–Trinajstić information content (AvgIpc) is 2.98. The van der Waals surface area contributed by atoms with Gasteiger partial charge in [-0.25, -0.2) is 0 Å². The number of rotatable bonds is 4. The molecular weight excluding hydrogens is 286 g/mol. The first-order valence-corrected chi connectivity index (χ1v) is 8.45. The van der Waals surface area contributed by atoms with E-state index in [2.05, 4.69) is 36.3 Å². The lowest BCUT2D eigenvalue weighted by Gasteiger charge is -2.33. The summed E-state index contributed by atoms with van der Waals surface area (Å²) in [4.78, 5) is 14.5. The average molecular weight is 311 g/mol. The van der Waals surface area contributed by atoms with E-state index in [1.807, 2.05) is 28.9 Å². The highest BCUT2D eigenvalue weighted by atomic mass is 16.2. The molecule has 122 valence electrons. The lowest BCUT2D eigenvalue weighted by Crippen LogP contribution is -2.39. The summed E-state index contributed by atoms with van der Waals surface area (Å²) in [5.74, 6) is 0.718. The standard InChI is InChI=1S/C19H25N3O/c1-15-5-3-6-17(11-15)18-7-4-9-21(14-18)19(23)8-10-22-13-16(2)12-20-22/h3,5-6,11-13,18H,4,7-10,14H2,1-2H3/t18-/m0/s1. The monoisotopic (exact) mass is 311 g/mol. The molecule has 0 bridgehead atoms. The fourth-order valence-electron chi connectivity index (χ4n) is 3.36. The zero-order valence-corrected chi connectivity index (χ0v) is 14.0. The fourth-order valence-corrected chi connectivity index (χ4v) is 3.36. The third-order valence-corrected chi connectivity index (χ3v) is 4.60. The van der Waals surface area contributed by atoms with Gasteiger partial charge in [-0.3, -0.25) is 9.48 Å². The van der Waals surface area contributed by atoms with E-state index in [4.69, 9.17) is 0 Å². The molecule has 0 radical (unpaired) electrons. The molecule has 1 aromatic heterocycles. The molecule has 1 aliphatic heterocycles. The van der Waals surface area contributed by atoms with Crippen LogP contribution >= 0.6 is 0 Å². The van der Waals surface area contributed by atoms with Crippen molar-refractivity contribution in [2.45, 2.75) is 45.6 Å². The number of nitrogens with zero attached hydrogens (tertiary/aromatic N) is 3. The highest BCUT2D eigenvalue weighted by Gasteiger charge is 2.24. The molecule has 3 rings (SSSR count). The van der Waals surface area contributed by atoms with Gasteiger partial charge in [-0.2, -0.15) is 5.10 Å². The predicted molar refractivity (Wildman–Crippen MR) is 91.3 cm³/mol. The molecule has 1 amide bonds. The van der Waals surface area contributed by atoms with Crippen molar-refractivity contribution in [1.82, 2.24) is 14.7 Å². The number of aromatic nitrogens is 2. The second-order valence-corrected chi connectivity index (χ2v) is 6.62. The van der Waals surface area contributed by atoms with Crippen molar-refractivity contribution in [1.29, 1.82) is 0 Å². The van der Waals surface area contributed by atoms with E-state index in [-0.39, 0.29) is 5.91 Å². The molecule has 0 spiro atoms. The number of hydrogen-bond donors (Lipinski definition) is 0. The van der Waals surface area contributed by atoms with Crippen molar-refractivity contribution in [3.63, 3.8) is 0 Å². The highest BCUT2D eigenvalue weighted by Crippen LogP contribution is 2.27. The maximum Gasteiger partial charge on any atom is 0.224 e. The third-order valence-electron chi connectivity index (χ3n) is 4.60. The molecule has 0 aliphatic carbocycles. The minimum Gasteiger partial charge on any atom is -0.342 e. The van der Waals surface area contributed by atoms with E-state index < -0.39 is 0 Å². The van der Waals surface area contributed by atoms with Crippen LogP contribution < -0.4 is 0 Å². The lowest BCUT2D eigenvalue weighted by molar-refractivity contribution is -0.132. The number of carbonyl (C=O) groups excluding carboxylic acids is 1. The van der Waals surface area contributed by atoms with Gasteiger partial charge in [-0.1, -0.05) is 29.8 Å². The van der Waals surface area contributed by atoms with Crippen molar-refractivity contribution in [3.05, 3.63) is 53.3 Å². The van der Waals surface area contributed by atoms with Gasteiger partial charge in [0.15, 0.2) is 0 Å². The summed E-state index contributed by atoms with van der Waals surface area (Å²) in [6.45, 7) is 6.54. The van der Waals surface area contributed by atoms with Crippen molar-refractivity contribution in [2.24, 2.45) is 0 Å². The Morgan fingerprint density at radius 2 is 2.17 bits per heavy atom. The number of hydrogen-bond acceptors (Lipinski definition) is 2. The highest BCUT2D eigenvalue weighted by molar-refractivity contribution is 5.76. The Balaban J connectivity index is 1.58. The van der Waals surface area contributed by atoms with Gasteiger partial charge >= 0.3 is 0 Å². The molecule has 0 saturated carbocycles. The molecule has 1 aromatic carbocycles. The van der Waals surface area contributed by atoms with Crippen molar-refractivity contribution in [3.8, 4) is 0 Å². The molecule has 2 heterocycles. The first kappa shape index (κ1) is 15.8. The molecule has 0 unspecified atom stereocenters. The Morgan fingerprint density at radius 3 is 2.91 bits per heavy atom. The van der Waals surface area contributed by atoms with E-state index in [0.717, 1.165) is 25.1 Å². The van der Waals surface area contributed by atoms with Crippen molar-refractivity contribution < 1.29 is 4.79 Å². The summed E-state index contributed by atoms with van der Waals surface area (Å²) in [6.07, 6.45) is 6.61. The van der Waals surface area contributed by atoms with Crippen LogP contribution in [0.1, 0.15) is 41.9 Å². The summed E-state index contributed by atoms with van der Waals surface area (Å²) >= 11 is 0. The number of aryl methyl sites for hydroxylation is 3. The predicted octanol–water partition coefficient (Wildman–Crippen LogP) is 3.30. The maximum atomic E-state index is 12.5. The molecule has 1 atom stereocenters. The molecule has 2 aromatic rings. The zero-order chi connectivity index (χ0) is 16.2. The van der Waals surface area contributed by atoms with Crippen molar-refractivity contribution >= 4 is 5.91 Å². The summed E-state index contributed by atoms with van der Waals surface area (Å²) in [7, 11) is 0.